The molecule has 1 aliphatic carbocycles. The molecule has 0 radical (unpaired) electrons. The van der Waals surface area contributed by atoms with Gasteiger partial charge in [0.15, 0.2) is 0 Å². The van der Waals surface area contributed by atoms with Crippen molar-refractivity contribution in [3.8, 4) is 5.75 Å². The van der Waals surface area contributed by atoms with Crippen molar-refractivity contribution < 1.29 is 23.9 Å². The normalized spacial score (nSPS) is 20.1. The van der Waals surface area contributed by atoms with Gasteiger partial charge >= 0.3 is 0 Å². The van der Waals surface area contributed by atoms with Crippen LogP contribution in [0.15, 0.2) is 36.4 Å². The Kier molecular flexibility index (Phi) is 8.85. The van der Waals surface area contributed by atoms with E-state index < -0.39 is 6.04 Å². The van der Waals surface area contributed by atoms with Gasteiger partial charge in [0.1, 0.15) is 11.8 Å². The molecular formula is C26H35N3O5. The first-order chi connectivity index (χ1) is 16.4. The third kappa shape index (κ3) is 5.85. The molecule has 1 aromatic carbocycles. The standard InChI is InChI=1S/C26H35N3O5/c1-4-5-15-27-24(31)18(2)29(17-19-10-12-20(34-3)13-11-19)23(30)14-16-28-25(32)21-8-6-7-9-22(21)26(28)33/h6-7,10-13,18,21-22H,4-5,8-9,14-17H2,1-3H3,(H,27,31)/t18-,21-,22+/m0/s1. The molecule has 2 aliphatic rings. The predicted molar refractivity (Wildman–Crippen MR) is 128 cm³/mol. The fraction of sp³-hybridized carbons (Fsp3) is 0.538. The highest BCUT2D eigenvalue weighted by molar-refractivity contribution is 6.05. The molecule has 8 heteroatoms. The average Bonchev–Trinajstić information content (AvgIpc) is 3.10. The molecule has 0 saturated carbocycles. The van der Waals surface area contributed by atoms with Crippen LogP contribution in [-0.2, 0) is 25.7 Å². The number of ether oxygens (including phenoxy) is 1. The molecule has 0 aromatic heterocycles. The average molecular weight is 470 g/mol. The van der Waals surface area contributed by atoms with E-state index in [0.717, 1.165) is 18.4 Å². The van der Waals surface area contributed by atoms with Crippen LogP contribution in [0.4, 0.5) is 0 Å². The number of hydrogen-bond donors (Lipinski definition) is 1. The first kappa shape index (κ1) is 25.5. The largest absolute Gasteiger partial charge is 0.497 e. The number of imide groups is 1. The van der Waals surface area contributed by atoms with Gasteiger partial charge in [0.25, 0.3) is 0 Å². The summed E-state index contributed by atoms with van der Waals surface area (Å²) >= 11 is 0. The molecule has 1 saturated heterocycles. The van der Waals surface area contributed by atoms with E-state index in [-0.39, 0.29) is 55.0 Å². The van der Waals surface area contributed by atoms with Gasteiger partial charge < -0.3 is 15.0 Å². The lowest BCUT2D eigenvalue weighted by atomic mass is 9.85. The van der Waals surface area contributed by atoms with Gasteiger partial charge in [-0.1, -0.05) is 37.6 Å². The van der Waals surface area contributed by atoms with Crippen molar-refractivity contribution in [2.24, 2.45) is 11.8 Å². The minimum absolute atomic E-state index is 0.0208. The van der Waals surface area contributed by atoms with Gasteiger partial charge in [-0.05, 0) is 43.9 Å². The van der Waals surface area contributed by atoms with Gasteiger partial charge in [-0.3, -0.25) is 24.1 Å². The number of nitrogens with zero attached hydrogens (tertiary/aromatic N) is 2. The van der Waals surface area contributed by atoms with Gasteiger partial charge in [0.2, 0.25) is 23.6 Å². The summed E-state index contributed by atoms with van der Waals surface area (Å²) in [7, 11) is 1.58. The van der Waals surface area contributed by atoms with Crippen molar-refractivity contribution in [3.05, 3.63) is 42.0 Å². The van der Waals surface area contributed by atoms with Crippen molar-refractivity contribution in [3.63, 3.8) is 0 Å². The molecule has 1 fully saturated rings. The monoisotopic (exact) mass is 469 g/mol. The Morgan fingerprint density at radius 3 is 2.29 bits per heavy atom. The highest BCUT2D eigenvalue weighted by Crippen LogP contribution is 2.35. The molecule has 4 amide bonds. The lowest BCUT2D eigenvalue weighted by Gasteiger charge is -2.29. The smallest absolute Gasteiger partial charge is 0.242 e. The van der Waals surface area contributed by atoms with E-state index in [2.05, 4.69) is 5.32 Å². The van der Waals surface area contributed by atoms with Gasteiger partial charge in [-0.25, -0.2) is 0 Å². The van der Waals surface area contributed by atoms with Crippen molar-refractivity contribution >= 4 is 23.6 Å². The van der Waals surface area contributed by atoms with Gasteiger partial charge in [-0.15, -0.1) is 0 Å². The second-order valence-corrected chi connectivity index (χ2v) is 8.92. The van der Waals surface area contributed by atoms with Gasteiger partial charge in [0.05, 0.1) is 18.9 Å². The van der Waals surface area contributed by atoms with Crippen LogP contribution < -0.4 is 10.1 Å². The number of allylic oxidation sites excluding steroid dienone is 2. The summed E-state index contributed by atoms with van der Waals surface area (Å²) in [6.07, 6.45) is 6.82. The Balaban J connectivity index is 1.69. The maximum absolute atomic E-state index is 13.3. The first-order valence-electron chi connectivity index (χ1n) is 12.1. The van der Waals surface area contributed by atoms with Gasteiger partial charge in [-0.2, -0.15) is 0 Å². The molecule has 34 heavy (non-hydrogen) atoms. The number of likely N-dealkylation sites (tertiary alicyclic amines) is 1. The summed E-state index contributed by atoms with van der Waals surface area (Å²) in [4.78, 5) is 54.3. The van der Waals surface area contributed by atoms with E-state index in [1.54, 1.807) is 26.2 Å². The SMILES string of the molecule is CCCCNC(=O)[C@H](C)N(Cc1ccc(OC)cc1)C(=O)CCN1C(=O)[C@H]2CC=CC[C@H]2C1=O. The molecule has 1 aliphatic heterocycles. The van der Waals surface area contributed by atoms with Crippen LogP contribution in [0.2, 0.25) is 0 Å². The number of carbonyl (C=O) groups is 4. The summed E-state index contributed by atoms with van der Waals surface area (Å²) in [5, 5.41) is 2.89. The molecule has 1 N–H and O–H groups in total. The molecule has 1 aromatic rings. The van der Waals surface area contributed by atoms with E-state index in [4.69, 9.17) is 4.74 Å². The maximum Gasteiger partial charge on any atom is 0.242 e. The van der Waals surface area contributed by atoms with Crippen LogP contribution >= 0.6 is 0 Å². The molecule has 8 nitrogen and oxygen atoms in total. The minimum atomic E-state index is -0.691. The zero-order valence-corrected chi connectivity index (χ0v) is 20.3. The third-order valence-corrected chi connectivity index (χ3v) is 6.66. The van der Waals surface area contributed by atoms with Gasteiger partial charge in [0, 0.05) is 26.1 Å². The summed E-state index contributed by atoms with van der Waals surface area (Å²) in [5.74, 6) is -0.812. The molecule has 0 spiro atoms. The number of fused-ring (bicyclic) bond motifs is 1. The van der Waals surface area contributed by atoms with Crippen LogP contribution in [0.5, 0.6) is 5.75 Å². The van der Waals surface area contributed by atoms with Crippen molar-refractivity contribution in [2.75, 3.05) is 20.2 Å². The number of nitrogens with one attached hydrogen (secondary N) is 1. The summed E-state index contributed by atoms with van der Waals surface area (Å²) < 4.78 is 5.20. The second kappa shape index (κ2) is 11.8. The van der Waals surface area contributed by atoms with E-state index >= 15 is 0 Å². The van der Waals surface area contributed by atoms with E-state index in [1.807, 2.05) is 31.2 Å². The highest BCUT2D eigenvalue weighted by atomic mass is 16.5. The number of benzene rings is 1. The number of methoxy groups -OCH3 is 1. The predicted octanol–water partition coefficient (Wildman–Crippen LogP) is 2.67. The van der Waals surface area contributed by atoms with Crippen LogP contribution in [0.3, 0.4) is 0 Å². The number of carbonyl (C=O) groups excluding carboxylic acids is 4. The summed E-state index contributed by atoms with van der Waals surface area (Å²) in [6, 6.07) is 6.63. The number of hydrogen-bond acceptors (Lipinski definition) is 5. The molecule has 0 unspecified atom stereocenters. The Bertz CT molecular complexity index is 901. The molecule has 3 rings (SSSR count). The van der Waals surface area contributed by atoms with Crippen LogP contribution in [0.1, 0.15) is 51.5 Å². The molecule has 3 atom stereocenters. The third-order valence-electron chi connectivity index (χ3n) is 6.66. The van der Waals surface area contributed by atoms with E-state index in [9.17, 15) is 19.2 Å². The van der Waals surface area contributed by atoms with Crippen LogP contribution in [0, 0.1) is 11.8 Å². The number of unbranched alkanes of at least 4 members (excludes halogenated alkanes) is 1. The second-order valence-electron chi connectivity index (χ2n) is 8.92. The topological polar surface area (TPSA) is 96.0 Å². The van der Waals surface area contributed by atoms with Crippen LogP contribution in [-0.4, -0.2) is 59.7 Å². The minimum Gasteiger partial charge on any atom is -0.497 e. The maximum atomic E-state index is 13.3. The lowest BCUT2D eigenvalue weighted by molar-refractivity contribution is -0.143. The molecule has 0 bridgehead atoms. The van der Waals surface area contributed by atoms with Crippen molar-refractivity contribution in [1.29, 1.82) is 0 Å². The molecule has 184 valence electrons. The first-order valence-corrected chi connectivity index (χ1v) is 12.1. The summed E-state index contributed by atoms with van der Waals surface area (Å²) in [5.41, 5.74) is 0.854. The van der Waals surface area contributed by atoms with E-state index in [1.165, 1.54) is 9.80 Å². The highest BCUT2D eigenvalue weighted by Gasteiger charge is 2.47. The zero-order valence-electron chi connectivity index (χ0n) is 20.3. The summed E-state index contributed by atoms with van der Waals surface area (Å²) in [6.45, 7) is 4.57. The lowest BCUT2D eigenvalue weighted by Crippen LogP contribution is -2.48. The Morgan fingerprint density at radius 2 is 1.74 bits per heavy atom. The van der Waals surface area contributed by atoms with Crippen LogP contribution in [0.25, 0.3) is 0 Å². The molecular weight excluding hydrogens is 434 g/mol. The Hall–Kier alpha value is -3.16. The fourth-order valence-electron chi connectivity index (χ4n) is 4.49. The number of rotatable bonds is 11. The fourth-order valence-corrected chi connectivity index (χ4v) is 4.49. The zero-order chi connectivity index (χ0) is 24.7. The van der Waals surface area contributed by atoms with Crippen molar-refractivity contribution in [1.82, 2.24) is 15.1 Å². The number of amides is 4. The molecule has 1 heterocycles. The quantitative estimate of drug-likeness (QED) is 0.305. The Morgan fingerprint density at radius 1 is 1.12 bits per heavy atom. The van der Waals surface area contributed by atoms with E-state index in [0.29, 0.717) is 25.1 Å². The Labute approximate surface area is 201 Å². The van der Waals surface area contributed by atoms with Crippen molar-refractivity contribution in [2.45, 2.75) is 58.5 Å².